The van der Waals surface area contributed by atoms with Gasteiger partial charge in [0, 0.05) is 47.2 Å². The van der Waals surface area contributed by atoms with Crippen molar-refractivity contribution >= 4 is 28.4 Å². The standard InChI is InChI=1S/C29H24N4O2/c34-28(22-12-10-21(11-13-22)20-6-2-1-3-7-20)33-27(29(35)32-24-14-16-30-17-15-24)18-23-19-31-26-9-5-4-8-25(23)26/h1-17,19,27,31H,18H2,(H,33,34)(H,30,32,35)/t27-/m0/s1. The van der Waals surface area contributed by atoms with E-state index in [-0.39, 0.29) is 11.8 Å². The number of pyridine rings is 1. The van der Waals surface area contributed by atoms with E-state index in [1.165, 1.54) is 0 Å². The van der Waals surface area contributed by atoms with Crippen molar-refractivity contribution in [3.05, 3.63) is 121 Å². The number of hydrogen-bond donors (Lipinski definition) is 3. The van der Waals surface area contributed by atoms with E-state index in [1.807, 2.05) is 72.9 Å². The molecule has 3 N–H and O–H groups in total. The molecule has 5 aromatic rings. The van der Waals surface area contributed by atoms with Gasteiger partial charge in [-0.2, -0.15) is 0 Å². The smallest absolute Gasteiger partial charge is 0.251 e. The molecule has 0 bridgehead atoms. The lowest BCUT2D eigenvalue weighted by atomic mass is 10.0. The van der Waals surface area contributed by atoms with Gasteiger partial charge in [-0.15, -0.1) is 0 Å². The predicted octanol–water partition coefficient (Wildman–Crippen LogP) is 5.21. The van der Waals surface area contributed by atoms with E-state index in [4.69, 9.17) is 0 Å². The number of benzene rings is 3. The summed E-state index contributed by atoms with van der Waals surface area (Å²) in [6.45, 7) is 0. The van der Waals surface area contributed by atoms with Crippen molar-refractivity contribution in [3.63, 3.8) is 0 Å². The number of carbonyl (C=O) groups is 2. The second-order valence-electron chi connectivity index (χ2n) is 8.26. The molecule has 5 rings (SSSR count). The van der Waals surface area contributed by atoms with Gasteiger partial charge in [0.2, 0.25) is 5.91 Å². The van der Waals surface area contributed by atoms with Gasteiger partial charge in [-0.05, 0) is 47.0 Å². The average molecular weight is 461 g/mol. The maximum Gasteiger partial charge on any atom is 0.251 e. The minimum atomic E-state index is -0.774. The molecule has 0 unspecified atom stereocenters. The molecule has 172 valence electrons. The van der Waals surface area contributed by atoms with Gasteiger partial charge < -0.3 is 15.6 Å². The SMILES string of the molecule is O=C(N[C@@H](Cc1c[nH]c2ccccc12)C(=O)Nc1ccncc1)c1ccc(-c2ccccc2)cc1. The van der Waals surface area contributed by atoms with Crippen LogP contribution in [-0.4, -0.2) is 27.8 Å². The van der Waals surface area contributed by atoms with Gasteiger partial charge in [0.25, 0.3) is 5.91 Å². The van der Waals surface area contributed by atoms with Crippen LogP contribution < -0.4 is 10.6 Å². The van der Waals surface area contributed by atoms with E-state index < -0.39 is 6.04 Å². The maximum absolute atomic E-state index is 13.2. The number of aromatic nitrogens is 2. The molecular formula is C29H24N4O2. The summed E-state index contributed by atoms with van der Waals surface area (Å²) in [6, 6.07) is 27.9. The van der Waals surface area contributed by atoms with Gasteiger partial charge in [0.15, 0.2) is 0 Å². The minimum Gasteiger partial charge on any atom is -0.361 e. The van der Waals surface area contributed by atoms with Gasteiger partial charge in [0.1, 0.15) is 6.04 Å². The Kier molecular flexibility index (Phi) is 6.35. The number of nitrogens with zero attached hydrogens (tertiary/aromatic N) is 1. The number of carbonyl (C=O) groups excluding carboxylic acids is 2. The first-order valence-corrected chi connectivity index (χ1v) is 11.4. The molecule has 0 spiro atoms. The second kappa shape index (κ2) is 10.1. The van der Waals surface area contributed by atoms with E-state index in [9.17, 15) is 9.59 Å². The number of fused-ring (bicyclic) bond motifs is 1. The van der Waals surface area contributed by atoms with E-state index in [2.05, 4.69) is 20.6 Å². The first kappa shape index (κ1) is 22.1. The summed E-state index contributed by atoms with van der Waals surface area (Å²) in [7, 11) is 0. The highest BCUT2D eigenvalue weighted by molar-refractivity contribution is 6.01. The largest absolute Gasteiger partial charge is 0.361 e. The van der Waals surface area contributed by atoms with Crippen LogP contribution in [0.1, 0.15) is 15.9 Å². The molecule has 0 aliphatic heterocycles. The zero-order chi connectivity index (χ0) is 24.0. The Bertz CT molecular complexity index is 1440. The minimum absolute atomic E-state index is 0.296. The second-order valence-corrected chi connectivity index (χ2v) is 8.26. The monoisotopic (exact) mass is 460 g/mol. The fourth-order valence-electron chi connectivity index (χ4n) is 4.08. The Morgan fingerprint density at radius 1 is 0.800 bits per heavy atom. The third-order valence-corrected chi connectivity index (χ3v) is 5.92. The lowest BCUT2D eigenvalue weighted by molar-refractivity contribution is -0.118. The fourth-order valence-corrected chi connectivity index (χ4v) is 4.08. The van der Waals surface area contributed by atoms with Gasteiger partial charge in [-0.1, -0.05) is 60.7 Å². The highest BCUT2D eigenvalue weighted by atomic mass is 16.2. The van der Waals surface area contributed by atoms with Gasteiger partial charge in [-0.3, -0.25) is 14.6 Å². The zero-order valence-corrected chi connectivity index (χ0v) is 18.9. The van der Waals surface area contributed by atoms with E-state index in [1.54, 1.807) is 36.7 Å². The molecule has 35 heavy (non-hydrogen) atoms. The number of anilines is 1. The molecule has 0 radical (unpaired) electrons. The van der Waals surface area contributed by atoms with Crippen LogP contribution in [0, 0.1) is 0 Å². The molecule has 0 saturated heterocycles. The summed E-state index contributed by atoms with van der Waals surface area (Å²) in [6.07, 6.45) is 5.45. The number of amides is 2. The first-order valence-electron chi connectivity index (χ1n) is 11.4. The Hall–Kier alpha value is -4.71. The summed E-state index contributed by atoms with van der Waals surface area (Å²) in [5.74, 6) is -0.602. The Morgan fingerprint density at radius 3 is 2.26 bits per heavy atom. The third-order valence-electron chi connectivity index (χ3n) is 5.92. The Morgan fingerprint density at radius 2 is 1.49 bits per heavy atom. The zero-order valence-electron chi connectivity index (χ0n) is 18.9. The van der Waals surface area contributed by atoms with Crippen LogP contribution in [-0.2, 0) is 11.2 Å². The summed E-state index contributed by atoms with van der Waals surface area (Å²) in [5, 5.41) is 6.84. The Labute approximate surface area is 203 Å². The van der Waals surface area contributed by atoms with Crippen molar-refractivity contribution in [2.24, 2.45) is 0 Å². The lowest BCUT2D eigenvalue weighted by Gasteiger charge is -2.19. The van der Waals surface area contributed by atoms with Crippen LogP contribution in [0.2, 0.25) is 0 Å². The normalized spacial score (nSPS) is 11.7. The van der Waals surface area contributed by atoms with Crippen molar-refractivity contribution in [2.75, 3.05) is 5.32 Å². The van der Waals surface area contributed by atoms with Crippen LogP contribution in [0.5, 0.6) is 0 Å². The molecule has 3 aromatic carbocycles. The van der Waals surface area contributed by atoms with E-state index in [0.29, 0.717) is 17.7 Å². The third kappa shape index (κ3) is 5.12. The number of H-pyrrole nitrogens is 1. The van der Waals surface area contributed by atoms with Crippen LogP contribution >= 0.6 is 0 Å². The molecule has 6 heteroatoms. The fraction of sp³-hybridized carbons (Fsp3) is 0.0690. The molecular weight excluding hydrogens is 436 g/mol. The topological polar surface area (TPSA) is 86.9 Å². The molecule has 2 heterocycles. The molecule has 0 fully saturated rings. The van der Waals surface area contributed by atoms with Gasteiger partial charge >= 0.3 is 0 Å². The van der Waals surface area contributed by atoms with Crippen molar-refractivity contribution in [1.82, 2.24) is 15.3 Å². The van der Waals surface area contributed by atoms with E-state index in [0.717, 1.165) is 27.6 Å². The van der Waals surface area contributed by atoms with Gasteiger partial charge in [-0.25, -0.2) is 0 Å². The number of aromatic amines is 1. The lowest BCUT2D eigenvalue weighted by Crippen LogP contribution is -2.45. The quantitative estimate of drug-likeness (QED) is 0.312. The van der Waals surface area contributed by atoms with Crippen LogP contribution in [0.3, 0.4) is 0 Å². The summed E-state index contributed by atoms with van der Waals surface area (Å²) in [5.41, 5.74) is 5.15. The average Bonchev–Trinajstić information content (AvgIpc) is 3.32. The highest BCUT2D eigenvalue weighted by Crippen LogP contribution is 2.21. The predicted molar refractivity (Wildman–Crippen MR) is 138 cm³/mol. The van der Waals surface area contributed by atoms with Gasteiger partial charge in [0.05, 0.1) is 0 Å². The first-order chi connectivity index (χ1) is 17.2. The van der Waals surface area contributed by atoms with Crippen molar-refractivity contribution in [3.8, 4) is 11.1 Å². The number of para-hydroxylation sites is 1. The molecule has 1 atom stereocenters. The van der Waals surface area contributed by atoms with Crippen LogP contribution in [0.15, 0.2) is 110 Å². The van der Waals surface area contributed by atoms with Crippen molar-refractivity contribution in [1.29, 1.82) is 0 Å². The molecule has 0 aliphatic rings. The number of hydrogen-bond acceptors (Lipinski definition) is 3. The molecule has 2 amide bonds. The molecule has 2 aromatic heterocycles. The Balaban J connectivity index is 1.37. The molecule has 6 nitrogen and oxygen atoms in total. The van der Waals surface area contributed by atoms with Crippen molar-refractivity contribution < 1.29 is 9.59 Å². The van der Waals surface area contributed by atoms with Crippen LogP contribution in [0.25, 0.3) is 22.0 Å². The number of rotatable bonds is 7. The highest BCUT2D eigenvalue weighted by Gasteiger charge is 2.23. The molecule has 0 saturated carbocycles. The molecule has 0 aliphatic carbocycles. The summed E-state index contributed by atoms with van der Waals surface area (Å²) in [4.78, 5) is 33.6. The number of nitrogens with one attached hydrogen (secondary N) is 3. The maximum atomic E-state index is 13.2. The summed E-state index contributed by atoms with van der Waals surface area (Å²) >= 11 is 0. The van der Waals surface area contributed by atoms with E-state index >= 15 is 0 Å². The summed E-state index contributed by atoms with van der Waals surface area (Å²) < 4.78 is 0. The van der Waals surface area contributed by atoms with Crippen LogP contribution in [0.4, 0.5) is 5.69 Å². The van der Waals surface area contributed by atoms with Crippen molar-refractivity contribution in [2.45, 2.75) is 12.5 Å².